The number of carbonyl (C=O) groups is 1. The number of ether oxygens (including phenoxy) is 1. The Balaban J connectivity index is 1.70. The van der Waals surface area contributed by atoms with Crippen LogP contribution >= 0.6 is 0 Å². The highest BCUT2D eigenvalue weighted by molar-refractivity contribution is 5.82. The van der Waals surface area contributed by atoms with Crippen molar-refractivity contribution in [2.45, 2.75) is 39.3 Å². The lowest BCUT2D eigenvalue weighted by molar-refractivity contribution is -0.125. The summed E-state index contributed by atoms with van der Waals surface area (Å²) in [7, 11) is 1.69. The van der Waals surface area contributed by atoms with Crippen LogP contribution in [0.4, 0.5) is 0 Å². The summed E-state index contributed by atoms with van der Waals surface area (Å²) in [5, 5.41) is 3.10. The SMILES string of the molecule is COc1cccc(-c2cccc(CN3CCCC3C(=O)NCC(C)C)c2)c1. The van der Waals surface area contributed by atoms with E-state index in [9.17, 15) is 4.79 Å². The average Bonchev–Trinajstić information content (AvgIpc) is 3.14. The average molecular weight is 367 g/mol. The molecule has 0 saturated carbocycles. The number of benzene rings is 2. The monoisotopic (exact) mass is 366 g/mol. The summed E-state index contributed by atoms with van der Waals surface area (Å²) >= 11 is 0. The summed E-state index contributed by atoms with van der Waals surface area (Å²) in [5.41, 5.74) is 3.55. The lowest BCUT2D eigenvalue weighted by Gasteiger charge is -2.24. The van der Waals surface area contributed by atoms with Gasteiger partial charge >= 0.3 is 0 Å². The van der Waals surface area contributed by atoms with Crippen molar-refractivity contribution >= 4 is 5.91 Å². The molecule has 1 heterocycles. The number of nitrogens with zero attached hydrogens (tertiary/aromatic N) is 1. The van der Waals surface area contributed by atoms with E-state index < -0.39 is 0 Å². The molecule has 2 aromatic carbocycles. The van der Waals surface area contributed by atoms with Crippen LogP contribution in [-0.4, -0.2) is 37.0 Å². The van der Waals surface area contributed by atoms with Crippen molar-refractivity contribution in [2.75, 3.05) is 20.2 Å². The fraction of sp³-hybridized carbons (Fsp3) is 0.435. The summed E-state index contributed by atoms with van der Waals surface area (Å²) in [4.78, 5) is 14.8. The molecular weight excluding hydrogens is 336 g/mol. The Hall–Kier alpha value is -2.33. The van der Waals surface area contributed by atoms with Crippen molar-refractivity contribution in [1.29, 1.82) is 0 Å². The zero-order chi connectivity index (χ0) is 19.2. The van der Waals surface area contributed by atoms with E-state index in [-0.39, 0.29) is 11.9 Å². The molecular formula is C23H30N2O2. The number of nitrogens with one attached hydrogen (secondary N) is 1. The van der Waals surface area contributed by atoms with E-state index in [2.05, 4.69) is 60.5 Å². The number of rotatable bonds is 7. The molecule has 1 saturated heterocycles. The van der Waals surface area contributed by atoms with Crippen LogP contribution in [0.5, 0.6) is 5.75 Å². The normalized spacial score (nSPS) is 17.3. The quantitative estimate of drug-likeness (QED) is 0.802. The molecule has 1 aliphatic rings. The third-order valence-electron chi connectivity index (χ3n) is 5.07. The molecule has 1 N–H and O–H groups in total. The Labute approximate surface area is 162 Å². The predicted molar refractivity (Wildman–Crippen MR) is 110 cm³/mol. The number of hydrogen-bond acceptors (Lipinski definition) is 3. The summed E-state index contributed by atoms with van der Waals surface area (Å²) in [6, 6.07) is 16.7. The number of amides is 1. The summed E-state index contributed by atoms with van der Waals surface area (Å²) in [6.07, 6.45) is 2.02. The molecule has 4 nitrogen and oxygen atoms in total. The molecule has 27 heavy (non-hydrogen) atoms. The van der Waals surface area contributed by atoms with E-state index in [4.69, 9.17) is 4.74 Å². The van der Waals surface area contributed by atoms with Crippen molar-refractivity contribution in [3.8, 4) is 16.9 Å². The van der Waals surface area contributed by atoms with Crippen LogP contribution in [0.1, 0.15) is 32.3 Å². The maximum absolute atomic E-state index is 12.5. The van der Waals surface area contributed by atoms with Crippen molar-refractivity contribution in [3.63, 3.8) is 0 Å². The van der Waals surface area contributed by atoms with E-state index in [1.54, 1.807) is 7.11 Å². The molecule has 0 bridgehead atoms. The second-order valence-electron chi connectivity index (χ2n) is 7.70. The minimum atomic E-state index is -0.00998. The molecule has 1 amide bonds. The van der Waals surface area contributed by atoms with Gasteiger partial charge in [0.2, 0.25) is 5.91 Å². The van der Waals surface area contributed by atoms with E-state index >= 15 is 0 Å². The van der Waals surface area contributed by atoms with Gasteiger partial charge in [-0.1, -0.05) is 44.2 Å². The second kappa shape index (κ2) is 9.05. The summed E-state index contributed by atoms with van der Waals surface area (Å²) in [6.45, 7) is 6.77. The first-order valence-electron chi connectivity index (χ1n) is 9.82. The molecule has 0 radical (unpaired) electrons. The molecule has 1 unspecified atom stereocenters. The Morgan fingerprint density at radius 2 is 1.93 bits per heavy atom. The first kappa shape index (κ1) is 19.4. The van der Waals surface area contributed by atoms with Crippen LogP contribution in [0.25, 0.3) is 11.1 Å². The van der Waals surface area contributed by atoms with Crippen LogP contribution in [0.15, 0.2) is 48.5 Å². The number of methoxy groups -OCH3 is 1. The minimum Gasteiger partial charge on any atom is -0.497 e. The molecule has 0 aromatic heterocycles. The van der Waals surface area contributed by atoms with Gasteiger partial charge in [0, 0.05) is 13.1 Å². The van der Waals surface area contributed by atoms with Gasteiger partial charge in [-0.2, -0.15) is 0 Å². The van der Waals surface area contributed by atoms with Gasteiger partial charge in [0.15, 0.2) is 0 Å². The third kappa shape index (κ3) is 5.10. The number of likely N-dealkylation sites (tertiary alicyclic amines) is 1. The maximum Gasteiger partial charge on any atom is 0.237 e. The lowest BCUT2D eigenvalue weighted by atomic mass is 10.0. The fourth-order valence-electron chi connectivity index (χ4n) is 3.62. The molecule has 0 aliphatic carbocycles. The first-order valence-corrected chi connectivity index (χ1v) is 9.82. The zero-order valence-corrected chi connectivity index (χ0v) is 16.6. The predicted octanol–water partition coefficient (Wildman–Crippen LogP) is 4.10. The Kier molecular flexibility index (Phi) is 6.51. The minimum absolute atomic E-state index is 0.00998. The largest absolute Gasteiger partial charge is 0.497 e. The van der Waals surface area contributed by atoms with Crippen LogP contribution in [0, 0.1) is 5.92 Å². The van der Waals surface area contributed by atoms with Crippen LogP contribution in [0.3, 0.4) is 0 Å². The molecule has 0 spiro atoms. The Morgan fingerprint density at radius 3 is 2.67 bits per heavy atom. The topological polar surface area (TPSA) is 41.6 Å². The van der Waals surface area contributed by atoms with Crippen LogP contribution in [0.2, 0.25) is 0 Å². The van der Waals surface area contributed by atoms with Crippen LogP contribution in [-0.2, 0) is 11.3 Å². The molecule has 1 fully saturated rings. The highest BCUT2D eigenvalue weighted by Gasteiger charge is 2.30. The summed E-state index contributed by atoms with van der Waals surface area (Å²) < 4.78 is 5.34. The van der Waals surface area contributed by atoms with Gasteiger partial charge in [-0.25, -0.2) is 0 Å². The van der Waals surface area contributed by atoms with E-state index in [0.29, 0.717) is 5.92 Å². The highest BCUT2D eigenvalue weighted by atomic mass is 16.5. The lowest BCUT2D eigenvalue weighted by Crippen LogP contribution is -2.43. The van der Waals surface area contributed by atoms with Crippen LogP contribution < -0.4 is 10.1 Å². The molecule has 4 heteroatoms. The Bertz CT molecular complexity index is 772. The van der Waals surface area contributed by atoms with Gasteiger partial charge < -0.3 is 10.1 Å². The zero-order valence-electron chi connectivity index (χ0n) is 16.6. The first-order chi connectivity index (χ1) is 13.1. The molecule has 144 valence electrons. The maximum atomic E-state index is 12.5. The van der Waals surface area contributed by atoms with Gasteiger partial charge in [0.05, 0.1) is 13.2 Å². The van der Waals surface area contributed by atoms with Crippen molar-refractivity contribution in [3.05, 3.63) is 54.1 Å². The third-order valence-corrected chi connectivity index (χ3v) is 5.07. The van der Waals surface area contributed by atoms with Crippen molar-refractivity contribution in [1.82, 2.24) is 10.2 Å². The molecule has 3 rings (SSSR count). The highest BCUT2D eigenvalue weighted by Crippen LogP contribution is 2.26. The van der Waals surface area contributed by atoms with Gasteiger partial charge in [-0.05, 0) is 60.2 Å². The van der Waals surface area contributed by atoms with E-state index in [1.807, 2.05) is 12.1 Å². The van der Waals surface area contributed by atoms with Gasteiger partial charge in [0.1, 0.15) is 5.75 Å². The molecule has 1 aliphatic heterocycles. The number of carbonyl (C=O) groups excluding carboxylic acids is 1. The van der Waals surface area contributed by atoms with Gasteiger partial charge in [-0.3, -0.25) is 9.69 Å². The van der Waals surface area contributed by atoms with Crippen molar-refractivity contribution in [2.24, 2.45) is 5.92 Å². The Morgan fingerprint density at radius 1 is 1.19 bits per heavy atom. The van der Waals surface area contributed by atoms with Crippen molar-refractivity contribution < 1.29 is 9.53 Å². The fourth-order valence-corrected chi connectivity index (χ4v) is 3.62. The van der Waals surface area contributed by atoms with Gasteiger partial charge in [-0.15, -0.1) is 0 Å². The van der Waals surface area contributed by atoms with E-state index in [1.165, 1.54) is 11.1 Å². The standard InChI is InChI=1S/C23H30N2O2/c1-17(2)15-24-23(26)22-11-6-12-25(22)16-18-7-4-8-19(13-18)20-9-5-10-21(14-20)27-3/h4-5,7-10,13-14,17,22H,6,11-12,15-16H2,1-3H3,(H,24,26). The van der Waals surface area contributed by atoms with E-state index in [0.717, 1.165) is 43.8 Å². The number of hydrogen-bond donors (Lipinski definition) is 1. The second-order valence-corrected chi connectivity index (χ2v) is 7.70. The summed E-state index contributed by atoms with van der Waals surface area (Å²) in [5.74, 6) is 1.51. The molecule has 2 aromatic rings. The van der Waals surface area contributed by atoms with Gasteiger partial charge in [0.25, 0.3) is 0 Å². The smallest absolute Gasteiger partial charge is 0.237 e. The molecule has 1 atom stereocenters.